The van der Waals surface area contributed by atoms with Crippen LogP contribution in [0.4, 0.5) is 11.4 Å². The molecular formula is C15H24N2. The molecule has 2 atom stereocenters. The molecule has 2 unspecified atom stereocenters. The van der Waals surface area contributed by atoms with Crippen molar-refractivity contribution in [2.45, 2.75) is 38.6 Å². The molecule has 1 fully saturated rings. The van der Waals surface area contributed by atoms with E-state index in [4.69, 9.17) is 0 Å². The third kappa shape index (κ3) is 2.93. The molecule has 0 amide bonds. The molecule has 0 heterocycles. The summed E-state index contributed by atoms with van der Waals surface area (Å²) < 4.78 is 0. The minimum Gasteiger partial charge on any atom is -0.382 e. The molecule has 0 saturated heterocycles. The first-order valence-electron chi connectivity index (χ1n) is 6.74. The van der Waals surface area contributed by atoms with E-state index in [1.165, 1.54) is 37.1 Å². The van der Waals surface area contributed by atoms with E-state index in [1.807, 2.05) is 0 Å². The second kappa shape index (κ2) is 5.44. The Labute approximate surface area is 105 Å². The third-order valence-corrected chi connectivity index (χ3v) is 3.92. The smallest absolute Gasteiger partial charge is 0.0362 e. The van der Waals surface area contributed by atoms with Crippen LogP contribution < -0.4 is 10.2 Å². The van der Waals surface area contributed by atoms with Crippen LogP contribution in [-0.4, -0.2) is 20.1 Å². The van der Waals surface area contributed by atoms with Crippen molar-refractivity contribution in [3.05, 3.63) is 24.3 Å². The van der Waals surface area contributed by atoms with Gasteiger partial charge in [0.25, 0.3) is 0 Å². The van der Waals surface area contributed by atoms with E-state index >= 15 is 0 Å². The zero-order chi connectivity index (χ0) is 12.3. The van der Waals surface area contributed by atoms with Crippen LogP contribution in [-0.2, 0) is 0 Å². The minimum atomic E-state index is 0.685. The maximum absolute atomic E-state index is 3.69. The fourth-order valence-electron chi connectivity index (χ4n) is 2.79. The van der Waals surface area contributed by atoms with Gasteiger partial charge in [-0.25, -0.2) is 0 Å². The molecule has 2 heteroatoms. The summed E-state index contributed by atoms with van der Waals surface area (Å²) in [5.74, 6) is 0.864. The molecule has 17 heavy (non-hydrogen) atoms. The Morgan fingerprint density at radius 1 is 1.18 bits per heavy atom. The number of hydrogen-bond donors (Lipinski definition) is 1. The van der Waals surface area contributed by atoms with Crippen LogP contribution in [0.25, 0.3) is 0 Å². The zero-order valence-corrected chi connectivity index (χ0v) is 11.2. The molecule has 0 aliphatic heterocycles. The Kier molecular flexibility index (Phi) is 3.93. The molecule has 2 rings (SSSR count). The van der Waals surface area contributed by atoms with Crippen molar-refractivity contribution in [1.29, 1.82) is 0 Å². The van der Waals surface area contributed by atoms with Gasteiger partial charge in [-0.1, -0.05) is 19.8 Å². The number of anilines is 2. The molecule has 1 aliphatic rings. The predicted molar refractivity (Wildman–Crippen MR) is 75.8 cm³/mol. The molecule has 1 aromatic rings. The number of hydrogen-bond acceptors (Lipinski definition) is 2. The lowest BCUT2D eigenvalue weighted by Crippen LogP contribution is -2.23. The molecule has 1 aromatic carbocycles. The van der Waals surface area contributed by atoms with Crippen molar-refractivity contribution >= 4 is 11.4 Å². The first-order chi connectivity index (χ1) is 8.20. The van der Waals surface area contributed by atoms with Crippen molar-refractivity contribution in [2.24, 2.45) is 5.92 Å². The maximum atomic E-state index is 3.69. The van der Waals surface area contributed by atoms with Gasteiger partial charge in [-0.15, -0.1) is 0 Å². The van der Waals surface area contributed by atoms with Crippen molar-refractivity contribution in [3.63, 3.8) is 0 Å². The summed E-state index contributed by atoms with van der Waals surface area (Å²) in [6, 6.07) is 9.43. The number of rotatable bonds is 4. The lowest BCUT2D eigenvalue weighted by Gasteiger charge is -2.21. The van der Waals surface area contributed by atoms with Crippen molar-refractivity contribution in [2.75, 3.05) is 24.3 Å². The lowest BCUT2D eigenvalue weighted by atomic mass is 10.0. The highest BCUT2D eigenvalue weighted by atomic mass is 15.1. The molecule has 0 radical (unpaired) electrons. The van der Waals surface area contributed by atoms with Crippen molar-refractivity contribution in [1.82, 2.24) is 0 Å². The van der Waals surface area contributed by atoms with E-state index in [1.54, 1.807) is 0 Å². The summed E-state index contributed by atoms with van der Waals surface area (Å²) in [5, 5.41) is 3.69. The monoisotopic (exact) mass is 232 g/mol. The molecular weight excluding hydrogens is 208 g/mol. The van der Waals surface area contributed by atoms with E-state index in [0.717, 1.165) is 5.92 Å². The third-order valence-electron chi connectivity index (χ3n) is 3.92. The first-order valence-corrected chi connectivity index (χ1v) is 6.74. The normalized spacial score (nSPS) is 23.7. The molecule has 1 aliphatic carbocycles. The van der Waals surface area contributed by atoms with Crippen LogP contribution in [0.5, 0.6) is 0 Å². The summed E-state index contributed by atoms with van der Waals surface area (Å²) in [4.78, 5) is 2.13. The number of nitrogens with one attached hydrogen (secondary N) is 1. The number of benzene rings is 1. The van der Waals surface area contributed by atoms with Crippen LogP contribution in [0.2, 0.25) is 0 Å². The highest BCUT2D eigenvalue weighted by Crippen LogP contribution is 2.31. The summed E-state index contributed by atoms with van der Waals surface area (Å²) in [6.45, 7) is 2.31. The average Bonchev–Trinajstić information content (AvgIpc) is 2.77. The van der Waals surface area contributed by atoms with Gasteiger partial charge in [0.2, 0.25) is 0 Å². The topological polar surface area (TPSA) is 15.3 Å². The van der Waals surface area contributed by atoms with Gasteiger partial charge in [0.15, 0.2) is 0 Å². The Balaban J connectivity index is 1.99. The fourth-order valence-corrected chi connectivity index (χ4v) is 2.79. The molecule has 94 valence electrons. The number of nitrogens with zero attached hydrogens (tertiary/aromatic N) is 1. The van der Waals surface area contributed by atoms with E-state index in [2.05, 4.69) is 55.5 Å². The zero-order valence-electron chi connectivity index (χ0n) is 11.2. The standard InChI is InChI=1S/C15H24N2/c1-4-12-6-5-7-15(12)16-13-8-10-14(11-9-13)17(2)3/h8-12,15-16H,4-7H2,1-3H3. The van der Waals surface area contributed by atoms with Gasteiger partial charge >= 0.3 is 0 Å². The van der Waals surface area contributed by atoms with Gasteiger partial charge in [-0.3, -0.25) is 0 Å². The quantitative estimate of drug-likeness (QED) is 0.850. The summed E-state index contributed by atoms with van der Waals surface area (Å²) in [5.41, 5.74) is 2.52. The highest BCUT2D eigenvalue weighted by Gasteiger charge is 2.25. The Morgan fingerprint density at radius 2 is 1.88 bits per heavy atom. The highest BCUT2D eigenvalue weighted by molar-refractivity contribution is 5.54. The second-order valence-corrected chi connectivity index (χ2v) is 5.29. The van der Waals surface area contributed by atoms with E-state index in [0.29, 0.717) is 6.04 Å². The Morgan fingerprint density at radius 3 is 2.47 bits per heavy atom. The maximum Gasteiger partial charge on any atom is 0.0362 e. The van der Waals surface area contributed by atoms with Gasteiger partial charge in [0.1, 0.15) is 0 Å². The van der Waals surface area contributed by atoms with E-state index < -0.39 is 0 Å². The predicted octanol–water partition coefficient (Wildman–Crippen LogP) is 3.74. The van der Waals surface area contributed by atoms with Gasteiger partial charge in [0, 0.05) is 31.5 Å². The molecule has 1 N–H and O–H groups in total. The van der Waals surface area contributed by atoms with Crippen LogP contribution in [0, 0.1) is 5.92 Å². The molecule has 0 aromatic heterocycles. The van der Waals surface area contributed by atoms with Gasteiger partial charge in [0.05, 0.1) is 0 Å². The van der Waals surface area contributed by atoms with Crippen LogP contribution in [0.15, 0.2) is 24.3 Å². The lowest BCUT2D eigenvalue weighted by molar-refractivity contribution is 0.489. The SMILES string of the molecule is CCC1CCCC1Nc1ccc(N(C)C)cc1. The molecule has 1 saturated carbocycles. The van der Waals surface area contributed by atoms with Crippen LogP contribution in [0.1, 0.15) is 32.6 Å². The molecule has 2 nitrogen and oxygen atoms in total. The van der Waals surface area contributed by atoms with Crippen molar-refractivity contribution in [3.8, 4) is 0 Å². The van der Waals surface area contributed by atoms with Crippen LogP contribution in [0.3, 0.4) is 0 Å². The first kappa shape index (κ1) is 12.3. The van der Waals surface area contributed by atoms with Crippen molar-refractivity contribution < 1.29 is 0 Å². The van der Waals surface area contributed by atoms with E-state index in [-0.39, 0.29) is 0 Å². The molecule has 0 bridgehead atoms. The van der Waals surface area contributed by atoms with Crippen LogP contribution >= 0.6 is 0 Å². The Bertz CT molecular complexity index is 342. The summed E-state index contributed by atoms with van der Waals surface area (Å²) in [6.07, 6.45) is 5.40. The molecule has 0 spiro atoms. The Hall–Kier alpha value is -1.18. The van der Waals surface area contributed by atoms with E-state index in [9.17, 15) is 0 Å². The fraction of sp³-hybridized carbons (Fsp3) is 0.600. The second-order valence-electron chi connectivity index (χ2n) is 5.29. The largest absolute Gasteiger partial charge is 0.382 e. The van der Waals surface area contributed by atoms with Gasteiger partial charge < -0.3 is 10.2 Å². The summed E-state index contributed by atoms with van der Waals surface area (Å²) >= 11 is 0. The average molecular weight is 232 g/mol. The van der Waals surface area contributed by atoms with Gasteiger partial charge in [-0.05, 0) is 43.0 Å². The minimum absolute atomic E-state index is 0.685. The van der Waals surface area contributed by atoms with Gasteiger partial charge in [-0.2, -0.15) is 0 Å². The summed E-state index contributed by atoms with van der Waals surface area (Å²) in [7, 11) is 4.15.